The van der Waals surface area contributed by atoms with E-state index in [-0.39, 0.29) is 15.7 Å². The fraction of sp³-hybridized carbons (Fsp3) is 0.125. The maximum Gasteiger partial charge on any atom is 0.573 e. The first-order valence-corrected chi connectivity index (χ1v) is 4.93. The van der Waals surface area contributed by atoms with Gasteiger partial charge < -0.3 is 10.5 Å². The zero-order chi connectivity index (χ0) is 12.5. The lowest BCUT2D eigenvalue weighted by atomic mass is 10.2. The van der Waals surface area contributed by atoms with Crippen LogP contribution in [-0.2, 0) is 0 Å². The van der Waals surface area contributed by atoms with Crippen molar-refractivity contribution in [3.05, 3.63) is 22.2 Å². The van der Waals surface area contributed by atoms with Gasteiger partial charge in [-0.3, -0.25) is 4.79 Å². The fourth-order valence-corrected chi connectivity index (χ4v) is 1.84. The van der Waals surface area contributed by atoms with E-state index in [2.05, 4.69) is 20.7 Å². The van der Waals surface area contributed by atoms with Crippen LogP contribution in [-0.4, -0.2) is 11.6 Å². The van der Waals surface area contributed by atoms with Gasteiger partial charge in [0.2, 0.25) is 0 Å². The van der Waals surface area contributed by atoms with Gasteiger partial charge in [-0.1, -0.05) is 0 Å². The zero-order valence-electron chi connectivity index (χ0n) is 7.44. The maximum absolute atomic E-state index is 12.0. The summed E-state index contributed by atoms with van der Waals surface area (Å²) in [5, 5.41) is -0.918. The summed E-state index contributed by atoms with van der Waals surface area (Å²) in [5.74, 6) is -0.681. The molecule has 0 aliphatic heterocycles. The molecule has 0 fully saturated rings. The number of hydrogen-bond acceptors (Lipinski definition) is 3. The van der Waals surface area contributed by atoms with Gasteiger partial charge in [0.25, 0.3) is 5.24 Å². The van der Waals surface area contributed by atoms with Crippen LogP contribution in [0.5, 0.6) is 5.75 Å². The van der Waals surface area contributed by atoms with Gasteiger partial charge in [0.15, 0.2) is 5.75 Å². The summed E-state index contributed by atoms with van der Waals surface area (Å²) in [6, 6.07) is 2.29. The Kier molecular flexibility index (Phi) is 3.69. The summed E-state index contributed by atoms with van der Waals surface area (Å²) in [5.41, 5.74) is 4.87. The van der Waals surface area contributed by atoms with E-state index >= 15 is 0 Å². The van der Waals surface area contributed by atoms with Gasteiger partial charge in [-0.15, -0.1) is 13.2 Å². The van der Waals surface area contributed by atoms with Crippen LogP contribution < -0.4 is 10.5 Å². The Morgan fingerprint density at radius 1 is 1.44 bits per heavy atom. The van der Waals surface area contributed by atoms with Gasteiger partial charge in [-0.05, 0) is 39.7 Å². The number of carbonyl (C=O) groups is 1. The average Bonchev–Trinajstić information content (AvgIpc) is 2.10. The molecule has 0 aliphatic rings. The van der Waals surface area contributed by atoms with Crippen molar-refractivity contribution >= 4 is 38.5 Å². The van der Waals surface area contributed by atoms with E-state index in [0.29, 0.717) is 0 Å². The molecule has 1 aromatic rings. The highest BCUT2D eigenvalue weighted by molar-refractivity contribution is 9.10. The minimum absolute atomic E-state index is 0.157. The van der Waals surface area contributed by atoms with Crippen molar-refractivity contribution in [1.29, 1.82) is 0 Å². The minimum atomic E-state index is -4.90. The normalized spacial score (nSPS) is 11.3. The molecular formula is C8H4BrClF3NO2. The van der Waals surface area contributed by atoms with Gasteiger partial charge in [-0.2, -0.15) is 0 Å². The van der Waals surface area contributed by atoms with Gasteiger partial charge in [0.1, 0.15) is 0 Å². The van der Waals surface area contributed by atoms with Gasteiger partial charge >= 0.3 is 6.36 Å². The van der Waals surface area contributed by atoms with Crippen molar-refractivity contribution in [3.63, 3.8) is 0 Å². The van der Waals surface area contributed by atoms with Crippen molar-refractivity contribution in [2.45, 2.75) is 6.36 Å². The van der Waals surface area contributed by atoms with Crippen molar-refractivity contribution < 1.29 is 22.7 Å². The second kappa shape index (κ2) is 4.50. The zero-order valence-corrected chi connectivity index (χ0v) is 9.78. The number of carbonyl (C=O) groups excluding carboxylic acids is 1. The number of rotatable bonds is 2. The molecule has 0 atom stereocenters. The largest absolute Gasteiger partial charge is 0.573 e. The Morgan fingerprint density at radius 3 is 2.44 bits per heavy atom. The molecule has 0 aliphatic carbocycles. The first-order chi connectivity index (χ1) is 7.22. The molecule has 1 aromatic carbocycles. The molecule has 0 radical (unpaired) electrons. The number of benzene rings is 1. The van der Waals surface area contributed by atoms with Crippen LogP contribution in [0.15, 0.2) is 16.6 Å². The summed E-state index contributed by atoms with van der Waals surface area (Å²) in [6.07, 6.45) is -4.90. The van der Waals surface area contributed by atoms with Crippen LogP contribution in [0.4, 0.5) is 18.9 Å². The topological polar surface area (TPSA) is 52.3 Å². The minimum Gasteiger partial charge on any atom is -0.402 e. The highest BCUT2D eigenvalue weighted by Crippen LogP contribution is 2.38. The number of nitrogen functional groups attached to an aromatic ring is 1. The van der Waals surface area contributed by atoms with Crippen LogP contribution in [0, 0.1) is 0 Å². The summed E-state index contributed by atoms with van der Waals surface area (Å²) < 4.78 is 39.5. The summed E-state index contributed by atoms with van der Waals surface area (Å²) >= 11 is 7.93. The number of alkyl halides is 3. The van der Waals surface area contributed by atoms with Crippen LogP contribution in [0.1, 0.15) is 10.4 Å². The van der Waals surface area contributed by atoms with Crippen molar-refractivity contribution in [1.82, 2.24) is 0 Å². The molecule has 0 unspecified atom stereocenters. The van der Waals surface area contributed by atoms with Crippen molar-refractivity contribution in [2.24, 2.45) is 0 Å². The van der Waals surface area contributed by atoms with E-state index in [1.54, 1.807) is 0 Å². The van der Waals surface area contributed by atoms with Crippen LogP contribution >= 0.6 is 27.5 Å². The van der Waals surface area contributed by atoms with Crippen molar-refractivity contribution in [2.75, 3.05) is 5.73 Å². The third kappa shape index (κ3) is 3.02. The molecule has 0 spiro atoms. The highest BCUT2D eigenvalue weighted by Gasteiger charge is 2.33. The van der Waals surface area contributed by atoms with Crippen molar-refractivity contribution in [3.8, 4) is 5.75 Å². The molecule has 8 heteroatoms. The summed E-state index contributed by atoms with van der Waals surface area (Å²) in [7, 11) is 0. The molecule has 0 heterocycles. The number of nitrogens with two attached hydrogens (primary N) is 1. The third-order valence-corrected chi connectivity index (χ3v) is 2.55. The molecule has 0 bridgehead atoms. The maximum atomic E-state index is 12.0. The lowest BCUT2D eigenvalue weighted by Crippen LogP contribution is -2.18. The predicted octanol–water partition coefficient (Wildman–Crippen LogP) is 3.31. The number of hydrogen-bond donors (Lipinski definition) is 1. The van der Waals surface area contributed by atoms with Crippen LogP contribution in [0.25, 0.3) is 0 Å². The average molecular weight is 318 g/mol. The van der Waals surface area contributed by atoms with Gasteiger partial charge in [-0.25, -0.2) is 0 Å². The van der Waals surface area contributed by atoms with E-state index in [0.717, 1.165) is 6.07 Å². The molecule has 1 rings (SSSR count). The summed E-state index contributed by atoms with van der Waals surface area (Å²) in [4.78, 5) is 10.9. The van der Waals surface area contributed by atoms with E-state index in [4.69, 9.17) is 17.3 Å². The monoisotopic (exact) mass is 317 g/mol. The number of halogens is 5. The molecule has 0 aromatic heterocycles. The molecule has 16 heavy (non-hydrogen) atoms. The molecule has 0 saturated heterocycles. The molecular weight excluding hydrogens is 314 g/mol. The van der Waals surface area contributed by atoms with Crippen LogP contribution in [0.3, 0.4) is 0 Å². The molecule has 2 N–H and O–H groups in total. The molecule has 88 valence electrons. The molecule has 0 saturated carbocycles. The van der Waals surface area contributed by atoms with Crippen LogP contribution in [0.2, 0.25) is 0 Å². The number of ether oxygens (including phenoxy) is 1. The first kappa shape index (κ1) is 13.1. The van der Waals surface area contributed by atoms with E-state index in [9.17, 15) is 18.0 Å². The highest BCUT2D eigenvalue weighted by atomic mass is 79.9. The Balaban J connectivity index is 3.27. The molecule has 0 amide bonds. The fourth-order valence-electron chi connectivity index (χ4n) is 0.942. The van der Waals surface area contributed by atoms with E-state index in [1.807, 2.05) is 0 Å². The number of anilines is 1. The smallest absolute Gasteiger partial charge is 0.402 e. The second-order valence-electron chi connectivity index (χ2n) is 2.67. The molecule has 3 nitrogen and oxygen atoms in total. The Morgan fingerprint density at radius 2 is 2.00 bits per heavy atom. The summed E-state index contributed by atoms with van der Waals surface area (Å²) in [6.45, 7) is 0. The van der Waals surface area contributed by atoms with E-state index < -0.39 is 17.4 Å². The lowest BCUT2D eigenvalue weighted by Gasteiger charge is -2.13. The Bertz CT molecular complexity index is 436. The SMILES string of the molecule is Nc1ccc(C(=O)Cl)c(Br)c1OC(F)(F)F. The lowest BCUT2D eigenvalue weighted by molar-refractivity contribution is -0.274. The quantitative estimate of drug-likeness (QED) is 0.672. The second-order valence-corrected chi connectivity index (χ2v) is 3.80. The van der Waals surface area contributed by atoms with E-state index in [1.165, 1.54) is 6.07 Å². The van der Waals surface area contributed by atoms with Gasteiger partial charge in [0, 0.05) is 0 Å². The third-order valence-electron chi connectivity index (χ3n) is 1.56. The van der Waals surface area contributed by atoms with Gasteiger partial charge in [0.05, 0.1) is 15.7 Å². The Labute approximate surface area is 101 Å². The Hall–Kier alpha value is -0.950. The first-order valence-electron chi connectivity index (χ1n) is 3.76. The predicted molar refractivity (Wildman–Crippen MR) is 55.4 cm³/mol. The standard InChI is InChI=1S/C8H4BrClF3NO2/c9-5-3(7(10)15)1-2-4(14)6(5)16-8(11,12)13/h1-2H,14H2.